The zero-order valence-electron chi connectivity index (χ0n) is 13.4. The van der Waals surface area contributed by atoms with Gasteiger partial charge in [0.1, 0.15) is 0 Å². The molecule has 19 heavy (non-hydrogen) atoms. The first kappa shape index (κ1) is 14.6. The van der Waals surface area contributed by atoms with Gasteiger partial charge in [-0.3, -0.25) is 0 Å². The highest BCUT2D eigenvalue weighted by molar-refractivity contribution is 5.36. The molecule has 106 valence electrons. The summed E-state index contributed by atoms with van der Waals surface area (Å²) in [5.74, 6) is 0.864. The molecule has 1 aromatic rings. The lowest BCUT2D eigenvalue weighted by Gasteiger charge is -2.49. The van der Waals surface area contributed by atoms with Crippen molar-refractivity contribution in [3.05, 3.63) is 34.9 Å². The second-order valence-corrected chi connectivity index (χ2v) is 7.77. The van der Waals surface area contributed by atoms with E-state index in [0.717, 1.165) is 12.5 Å². The van der Waals surface area contributed by atoms with Gasteiger partial charge >= 0.3 is 0 Å². The average molecular weight is 259 g/mol. The molecule has 1 heteroatoms. The van der Waals surface area contributed by atoms with Crippen molar-refractivity contribution in [3.63, 3.8) is 0 Å². The predicted molar refractivity (Wildman–Crippen MR) is 83.7 cm³/mol. The van der Waals surface area contributed by atoms with E-state index in [1.807, 2.05) is 0 Å². The first-order valence-electron chi connectivity index (χ1n) is 7.54. The summed E-state index contributed by atoms with van der Waals surface area (Å²) >= 11 is 0. The van der Waals surface area contributed by atoms with E-state index in [1.54, 1.807) is 5.56 Å². The molecular weight excluding hydrogens is 230 g/mol. The molecule has 1 aliphatic carbocycles. The van der Waals surface area contributed by atoms with Crippen molar-refractivity contribution >= 4 is 0 Å². The van der Waals surface area contributed by atoms with Crippen LogP contribution in [0.1, 0.15) is 57.2 Å². The summed E-state index contributed by atoms with van der Waals surface area (Å²) in [5.41, 5.74) is 4.89. The number of benzene rings is 1. The van der Waals surface area contributed by atoms with Crippen molar-refractivity contribution in [2.24, 2.45) is 5.92 Å². The van der Waals surface area contributed by atoms with Crippen LogP contribution in [0.3, 0.4) is 0 Å². The van der Waals surface area contributed by atoms with Gasteiger partial charge in [0.15, 0.2) is 0 Å². The van der Waals surface area contributed by atoms with Gasteiger partial charge in [0.25, 0.3) is 0 Å². The van der Waals surface area contributed by atoms with E-state index in [9.17, 15) is 0 Å². The van der Waals surface area contributed by atoms with E-state index in [1.165, 1.54) is 24.0 Å². The van der Waals surface area contributed by atoms with Crippen LogP contribution in [-0.2, 0) is 5.41 Å². The van der Waals surface area contributed by atoms with Crippen molar-refractivity contribution < 1.29 is 0 Å². The number of nitrogens with one attached hydrogen (secondary N) is 1. The minimum atomic E-state index is 0.199. The Bertz CT molecular complexity index is 427. The molecule has 0 aliphatic heterocycles. The van der Waals surface area contributed by atoms with E-state index < -0.39 is 0 Å². The topological polar surface area (TPSA) is 12.0 Å². The van der Waals surface area contributed by atoms with Gasteiger partial charge in [-0.25, -0.2) is 0 Å². The van der Waals surface area contributed by atoms with Gasteiger partial charge < -0.3 is 5.32 Å². The van der Waals surface area contributed by atoms with Gasteiger partial charge in [-0.1, -0.05) is 36.2 Å². The van der Waals surface area contributed by atoms with Gasteiger partial charge in [-0.15, -0.1) is 0 Å². The molecule has 1 nitrogen and oxygen atoms in total. The Kier molecular flexibility index (Phi) is 3.79. The number of hydrogen-bond acceptors (Lipinski definition) is 1. The third kappa shape index (κ3) is 3.39. The number of aryl methyl sites for hydroxylation is 2. The Morgan fingerprint density at radius 3 is 2.05 bits per heavy atom. The molecule has 0 aromatic heterocycles. The normalized spacial score (nSPS) is 27.2. The molecule has 1 aromatic carbocycles. The number of hydrogen-bond donors (Lipinski definition) is 1. The largest absolute Gasteiger partial charge is 0.311 e. The Morgan fingerprint density at radius 1 is 1.11 bits per heavy atom. The number of rotatable bonds is 3. The molecule has 0 unspecified atom stereocenters. The highest BCUT2D eigenvalue weighted by atomic mass is 15.0. The lowest BCUT2D eigenvalue weighted by molar-refractivity contribution is 0.141. The first-order chi connectivity index (χ1) is 8.70. The SMILES string of the molecule is Cc1cc(C)cc(C2(CNC(C)(C)C)CC(C)C2)c1. The molecule has 0 spiro atoms. The van der Waals surface area contributed by atoms with Crippen LogP contribution in [0.15, 0.2) is 18.2 Å². The van der Waals surface area contributed by atoms with Crippen molar-refractivity contribution in [3.8, 4) is 0 Å². The molecule has 0 bridgehead atoms. The summed E-state index contributed by atoms with van der Waals surface area (Å²) in [6.45, 7) is 14.7. The van der Waals surface area contributed by atoms with Gasteiger partial charge in [0.05, 0.1) is 0 Å². The van der Waals surface area contributed by atoms with Crippen molar-refractivity contribution in [1.29, 1.82) is 0 Å². The maximum Gasteiger partial charge on any atom is 0.00968 e. The van der Waals surface area contributed by atoms with Crippen molar-refractivity contribution in [1.82, 2.24) is 5.32 Å². The summed E-state index contributed by atoms with van der Waals surface area (Å²) in [5, 5.41) is 3.72. The van der Waals surface area contributed by atoms with Crippen LogP contribution in [-0.4, -0.2) is 12.1 Å². The molecule has 2 rings (SSSR count). The molecule has 0 atom stereocenters. The minimum Gasteiger partial charge on any atom is -0.311 e. The van der Waals surface area contributed by atoms with E-state index in [0.29, 0.717) is 5.41 Å². The van der Waals surface area contributed by atoms with Crippen molar-refractivity contribution in [2.45, 2.75) is 65.3 Å². The maximum atomic E-state index is 3.72. The van der Waals surface area contributed by atoms with E-state index in [4.69, 9.17) is 0 Å². The Hall–Kier alpha value is -0.820. The standard InChI is InChI=1S/C18H29N/c1-13-7-14(2)9-16(8-13)18(10-15(3)11-18)12-19-17(4,5)6/h7-9,15,19H,10-12H2,1-6H3. The van der Waals surface area contributed by atoms with E-state index in [-0.39, 0.29) is 5.54 Å². The second-order valence-electron chi connectivity index (χ2n) is 7.77. The molecule has 1 N–H and O–H groups in total. The van der Waals surface area contributed by atoms with Gasteiger partial charge in [-0.2, -0.15) is 0 Å². The maximum absolute atomic E-state index is 3.72. The molecule has 0 amide bonds. The van der Waals surface area contributed by atoms with E-state index >= 15 is 0 Å². The average Bonchev–Trinajstić information content (AvgIpc) is 2.19. The van der Waals surface area contributed by atoms with Crippen LogP contribution in [0.5, 0.6) is 0 Å². The second kappa shape index (κ2) is 4.94. The molecule has 1 aliphatic rings. The Morgan fingerprint density at radius 2 is 1.63 bits per heavy atom. The monoisotopic (exact) mass is 259 g/mol. The summed E-state index contributed by atoms with van der Waals surface area (Å²) in [7, 11) is 0. The lowest BCUT2D eigenvalue weighted by atomic mass is 9.58. The minimum absolute atomic E-state index is 0.199. The first-order valence-corrected chi connectivity index (χ1v) is 7.54. The quantitative estimate of drug-likeness (QED) is 0.850. The Balaban J connectivity index is 2.24. The van der Waals surface area contributed by atoms with Gasteiger partial charge in [-0.05, 0) is 58.9 Å². The molecule has 0 saturated heterocycles. The van der Waals surface area contributed by atoms with Crippen molar-refractivity contribution in [2.75, 3.05) is 6.54 Å². The molecule has 1 saturated carbocycles. The highest BCUT2D eigenvalue weighted by Crippen LogP contribution is 2.47. The highest BCUT2D eigenvalue weighted by Gasteiger charge is 2.43. The third-order valence-electron chi connectivity index (χ3n) is 4.27. The van der Waals surface area contributed by atoms with Crippen LogP contribution in [0.4, 0.5) is 0 Å². The zero-order chi connectivity index (χ0) is 14.3. The molecule has 0 radical (unpaired) electrons. The summed E-state index contributed by atoms with van der Waals surface area (Å²) in [6, 6.07) is 7.06. The molecule has 0 heterocycles. The fraction of sp³-hybridized carbons (Fsp3) is 0.667. The molecule has 1 fully saturated rings. The summed E-state index contributed by atoms with van der Waals surface area (Å²) in [6.07, 6.45) is 2.64. The molecular formula is C18H29N. The Labute approximate surface area is 118 Å². The lowest BCUT2D eigenvalue weighted by Crippen LogP contribution is -2.52. The van der Waals surface area contributed by atoms with Gasteiger partial charge in [0, 0.05) is 17.5 Å². The summed E-state index contributed by atoms with van der Waals surface area (Å²) in [4.78, 5) is 0. The van der Waals surface area contributed by atoms with Crippen LogP contribution in [0.25, 0.3) is 0 Å². The van der Waals surface area contributed by atoms with Crippen LogP contribution in [0.2, 0.25) is 0 Å². The smallest absolute Gasteiger partial charge is 0.00968 e. The van der Waals surface area contributed by atoms with Crippen LogP contribution < -0.4 is 5.32 Å². The van der Waals surface area contributed by atoms with Crippen LogP contribution >= 0.6 is 0 Å². The summed E-state index contributed by atoms with van der Waals surface area (Å²) < 4.78 is 0. The van der Waals surface area contributed by atoms with Crippen LogP contribution in [0, 0.1) is 19.8 Å². The van der Waals surface area contributed by atoms with E-state index in [2.05, 4.69) is 65.1 Å². The third-order valence-corrected chi connectivity index (χ3v) is 4.27. The zero-order valence-corrected chi connectivity index (χ0v) is 13.4. The van der Waals surface area contributed by atoms with Gasteiger partial charge in [0.2, 0.25) is 0 Å². The fourth-order valence-electron chi connectivity index (χ4n) is 3.47. The fourth-order valence-corrected chi connectivity index (χ4v) is 3.47. The predicted octanol–water partition coefficient (Wildman–Crippen LogP) is 4.36.